The van der Waals surface area contributed by atoms with Crippen molar-refractivity contribution in [2.24, 2.45) is 0 Å². The van der Waals surface area contributed by atoms with Crippen LogP contribution in [-0.2, 0) is 0 Å². The molecule has 1 aromatic heterocycles. The van der Waals surface area contributed by atoms with Gasteiger partial charge in [0.05, 0.1) is 12.1 Å². The average molecular weight is 186 g/mol. The first kappa shape index (κ1) is 9.64. The summed E-state index contributed by atoms with van der Waals surface area (Å²) in [5.74, 6) is 0. The van der Waals surface area contributed by atoms with Crippen LogP contribution < -0.4 is 5.32 Å². The minimum atomic E-state index is -0.299. The van der Waals surface area contributed by atoms with Crippen LogP contribution in [0, 0.1) is 0 Å². The summed E-state index contributed by atoms with van der Waals surface area (Å²) in [5.41, 5.74) is 0. The van der Waals surface area contributed by atoms with E-state index in [4.69, 9.17) is 5.11 Å². The van der Waals surface area contributed by atoms with Gasteiger partial charge in [-0.05, 0) is 13.8 Å². The van der Waals surface area contributed by atoms with Crippen molar-refractivity contribution >= 4 is 11.3 Å². The molecule has 2 atom stereocenters. The first-order valence-corrected chi connectivity index (χ1v) is 4.89. The molecule has 68 valence electrons. The maximum Gasteiger partial charge on any atom is 0.109 e. The molecule has 1 aromatic rings. The molecule has 0 amide bonds. The van der Waals surface area contributed by atoms with Crippen LogP contribution in [0.1, 0.15) is 24.9 Å². The highest BCUT2D eigenvalue weighted by Crippen LogP contribution is 2.13. The van der Waals surface area contributed by atoms with Crippen LogP contribution in [0.2, 0.25) is 0 Å². The number of aliphatic hydroxyl groups excluding tert-OH is 1. The number of nitrogens with one attached hydrogen (secondary N) is 1. The van der Waals surface area contributed by atoms with E-state index in [9.17, 15) is 0 Å². The summed E-state index contributed by atoms with van der Waals surface area (Å²) >= 11 is 1.63. The first-order valence-electron chi connectivity index (χ1n) is 4.01. The molecule has 0 saturated heterocycles. The second-order valence-corrected chi connectivity index (χ2v) is 3.78. The fourth-order valence-electron chi connectivity index (χ4n) is 0.883. The highest BCUT2D eigenvalue weighted by Gasteiger charge is 2.07. The molecule has 0 radical (unpaired) electrons. The van der Waals surface area contributed by atoms with Gasteiger partial charge in [0.1, 0.15) is 5.01 Å². The topological polar surface area (TPSA) is 45.1 Å². The van der Waals surface area contributed by atoms with Gasteiger partial charge in [0.2, 0.25) is 0 Å². The third kappa shape index (κ3) is 2.89. The van der Waals surface area contributed by atoms with Crippen molar-refractivity contribution in [1.29, 1.82) is 0 Å². The summed E-state index contributed by atoms with van der Waals surface area (Å²) in [6.07, 6.45) is 1.49. The lowest BCUT2D eigenvalue weighted by Gasteiger charge is -2.11. The van der Waals surface area contributed by atoms with Gasteiger partial charge in [-0.1, -0.05) is 0 Å². The predicted molar refractivity (Wildman–Crippen MR) is 50.2 cm³/mol. The SMILES string of the molecule is C[C@H](O)CN[C@H](C)c1nccs1. The number of hydrogen-bond acceptors (Lipinski definition) is 4. The van der Waals surface area contributed by atoms with Crippen molar-refractivity contribution in [3.8, 4) is 0 Å². The van der Waals surface area contributed by atoms with Crippen LogP contribution in [0.4, 0.5) is 0 Å². The third-order valence-corrected chi connectivity index (χ3v) is 2.50. The molecule has 4 heteroatoms. The van der Waals surface area contributed by atoms with Gasteiger partial charge in [-0.3, -0.25) is 0 Å². The molecular formula is C8H14N2OS. The van der Waals surface area contributed by atoms with Crippen molar-refractivity contribution in [2.45, 2.75) is 26.0 Å². The van der Waals surface area contributed by atoms with E-state index in [2.05, 4.69) is 10.3 Å². The quantitative estimate of drug-likeness (QED) is 0.742. The van der Waals surface area contributed by atoms with Gasteiger partial charge in [-0.2, -0.15) is 0 Å². The van der Waals surface area contributed by atoms with E-state index in [0.717, 1.165) is 5.01 Å². The molecule has 0 spiro atoms. The van der Waals surface area contributed by atoms with Gasteiger partial charge in [0, 0.05) is 18.1 Å². The molecule has 0 aromatic carbocycles. The van der Waals surface area contributed by atoms with Gasteiger partial charge >= 0.3 is 0 Å². The average Bonchev–Trinajstić information content (AvgIpc) is 2.51. The summed E-state index contributed by atoms with van der Waals surface area (Å²) in [7, 11) is 0. The molecule has 0 fully saturated rings. The Morgan fingerprint density at radius 1 is 1.67 bits per heavy atom. The Morgan fingerprint density at radius 3 is 2.92 bits per heavy atom. The lowest BCUT2D eigenvalue weighted by molar-refractivity contribution is 0.187. The normalized spacial score (nSPS) is 15.9. The lowest BCUT2D eigenvalue weighted by Crippen LogP contribution is -2.26. The highest BCUT2D eigenvalue weighted by molar-refractivity contribution is 7.09. The lowest BCUT2D eigenvalue weighted by atomic mass is 10.3. The Bertz CT molecular complexity index is 211. The standard InChI is InChI=1S/C8H14N2OS/c1-6(11)5-10-7(2)8-9-3-4-12-8/h3-4,6-7,10-11H,5H2,1-2H3/t6-,7+/m0/s1. The van der Waals surface area contributed by atoms with Crippen molar-refractivity contribution in [3.63, 3.8) is 0 Å². The Kier molecular flexibility index (Phi) is 3.65. The van der Waals surface area contributed by atoms with E-state index in [1.807, 2.05) is 12.3 Å². The van der Waals surface area contributed by atoms with Crippen LogP contribution in [-0.4, -0.2) is 22.7 Å². The molecule has 0 aliphatic rings. The van der Waals surface area contributed by atoms with Gasteiger partial charge in [0.15, 0.2) is 0 Å². The molecule has 1 rings (SSSR count). The molecule has 1 heterocycles. The summed E-state index contributed by atoms with van der Waals surface area (Å²) in [5, 5.41) is 15.2. The fourth-order valence-corrected chi connectivity index (χ4v) is 1.55. The minimum absolute atomic E-state index is 0.236. The molecule has 0 aliphatic carbocycles. The monoisotopic (exact) mass is 186 g/mol. The number of nitrogens with zero attached hydrogens (tertiary/aromatic N) is 1. The van der Waals surface area contributed by atoms with Crippen LogP contribution in [0.25, 0.3) is 0 Å². The zero-order chi connectivity index (χ0) is 8.97. The minimum Gasteiger partial charge on any atom is -0.392 e. The van der Waals surface area contributed by atoms with Crippen molar-refractivity contribution in [1.82, 2.24) is 10.3 Å². The number of hydrogen-bond donors (Lipinski definition) is 2. The largest absolute Gasteiger partial charge is 0.392 e. The van der Waals surface area contributed by atoms with E-state index >= 15 is 0 Å². The summed E-state index contributed by atoms with van der Waals surface area (Å²) in [6.45, 7) is 4.42. The molecule has 0 bridgehead atoms. The molecule has 2 N–H and O–H groups in total. The Balaban J connectivity index is 2.34. The maximum absolute atomic E-state index is 9.02. The smallest absolute Gasteiger partial charge is 0.109 e. The molecule has 3 nitrogen and oxygen atoms in total. The molecule has 12 heavy (non-hydrogen) atoms. The van der Waals surface area contributed by atoms with Crippen molar-refractivity contribution in [2.75, 3.05) is 6.54 Å². The van der Waals surface area contributed by atoms with Crippen LogP contribution >= 0.6 is 11.3 Å². The van der Waals surface area contributed by atoms with E-state index < -0.39 is 0 Å². The van der Waals surface area contributed by atoms with Crippen molar-refractivity contribution < 1.29 is 5.11 Å². The van der Waals surface area contributed by atoms with E-state index in [1.165, 1.54) is 0 Å². The highest BCUT2D eigenvalue weighted by atomic mass is 32.1. The van der Waals surface area contributed by atoms with E-state index in [-0.39, 0.29) is 12.1 Å². The fraction of sp³-hybridized carbons (Fsp3) is 0.625. The summed E-state index contributed by atoms with van der Waals surface area (Å²) in [6, 6.07) is 0.236. The Labute approximate surface area is 76.5 Å². The van der Waals surface area contributed by atoms with Crippen LogP contribution in [0.3, 0.4) is 0 Å². The second kappa shape index (κ2) is 4.54. The van der Waals surface area contributed by atoms with Gasteiger partial charge in [-0.15, -0.1) is 11.3 Å². The van der Waals surface area contributed by atoms with Crippen LogP contribution in [0.5, 0.6) is 0 Å². The van der Waals surface area contributed by atoms with Gasteiger partial charge < -0.3 is 10.4 Å². The number of thiazole rings is 1. The van der Waals surface area contributed by atoms with E-state index in [1.54, 1.807) is 24.5 Å². The molecule has 0 saturated carbocycles. The van der Waals surface area contributed by atoms with Crippen molar-refractivity contribution in [3.05, 3.63) is 16.6 Å². The zero-order valence-electron chi connectivity index (χ0n) is 7.32. The number of rotatable bonds is 4. The Hall–Kier alpha value is -0.450. The number of aromatic nitrogens is 1. The van der Waals surface area contributed by atoms with Gasteiger partial charge in [-0.25, -0.2) is 4.98 Å². The van der Waals surface area contributed by atoms with Gasteiger partial charge in [0.25, 0.3) is 0 Å². The summed E-state index contributed by atoms with van der Waals surface area (Å²) < 4.78 is 0. The maximum atomic E-state index is 9.02. The summed E-state index contributed by atoms with van der Waals surface area (Å²) in [4.78, 5) is 4.17. The first-order chi connectivity index (χ1) is 5.70. The number of aliphatic hydroxyl groups is 1. The van der Waals surface area contributed by atoms with Crippen LogP contribution in [0.15, 0.2) is 11.6 Å². The second-order valence-electron chi connectivity index (χ2n) is 2.85. The molecular weight excluding hydrogens is 172 g/mol. The Morgan fingerprint density at radius 2 is 2.42 bits per heavy atom. The third-order valence-electron chi connectivity index (χ3n) is 1.54. The van der Waals surface area contributed by atoms with E-state index in [0.29, 0.717) is 6.54 Å². The molecule has 0 aliphatic heterocycles. The molecule has 0 unspecified atom stereocenters. The predicted octanol–water partition coefficient (Wildman–Crippen LogP) is 1.17. The zero-order valence-corrected chi connectivity index (χ0v) is 8.14.